The summed E-state index contributed by atoms with van der Waals surface area (Å²) in [6.45, 7) is 1.23. The number of ether oxygens (including phenoxy) is 2. The number of urea groups is 1. The van der Waals surface area contributed by atoms with Gasteiger partial charge in [0.2, 0.25) is 0 Å². The topological polar surface area (TPSA) is 93.7 Å². The molecule has 0 saturated carbocycles. The first-order chi connectivity index (χ1) is 10.0. The number of hydrogen-bond donors (Lipinski definition) is 2. The number of amides is 3. The lowest BCUT2D eigenvalue weighted by Crippen LogP contribution is -2.41. The van der Waals surface area contributed by atoms with E-state index in [9.17, 15) is 14.4 Å². The second-order valence-corrected chi connectivity index (χ2v) is 4.73. The molecule has 1 aromatic rings. The Balaban J connectivity index is 2.25. The Hall–Kier alpha value is -2.09. The van der Waals surface area contributed by atoms with E-state index >= 15 is 0 Å². The van der Waals surface area contributed by atoms with Crippen molar-refractivity contribution in [2.45, 2.75) is 6.92 Å². The molecular weight excluding hydrogens is 344 g/mol. The van der Waals surface area contributed by atoms with Crippen LogP contribution in [0.2, 0.25) is 0 Å². The van der Waals surface area contributed by atoms with Crippen molar-refractivity contribution in [2.24, 2.45) is 0 Å². The Morgan fingerprint density at radius 1 is 1.24 bits per heavy atom. The van der Waals surface area contributed by atoms with Gasteiger partial charge in [-0.05, 0) is 25.1 Å². The van der Waals surface area contributed by atoms with Crippen molar-refractivity contribution >= 4 is 33.8 Å². The molecule has 0 aliphatic carbocycles. The number of carbonyl (C=O) groups is 3. The number of benzene rings is 1. The SMILES string of the molecule is CCNC(=O)NC(=O)COC(=O)COc1cccc(Br)c1. The summed E-state index contributed by atoms with van der Waals surface area (Å²) in [5.74, 6) is -0.925. The van der Waals surface area contributed by atoms with Crippen LogP contribution < -0.4 is 15.4 Å². The van der Waals surface area contributed by atoms with E-state index in [1.54, 1.807) is 25.1 Å². The molecular formula is C13H15BrN2O5. The Morgan fingerprint density at radius 3 is 2.67 bits per heavy atom. The molecule has 0 aromatic heterocycles. The Morgan fingerprint density at radius 2 is 2.00 bits per heavy atom. The lowest BCUT2D eigenvalue weighted by atomic mass is 10.3. The number of nitrogens with one attached hydrogen (secondary N) is 2. The monoisotopic (exact) mass is 358 g/mol. The minimum absolute atomic E-state index is 0.328. The van der Waals surface area contributed by atoms with Crippen molar-refractivity contribution < 1.29 is 23.9 Å². The van der Waals surface area contributed by atoms with Crippen molar-refractivity contribution in [1.29, 1.82) is 0 Å². The van der Waals surface area contributed by atoms with Crippen LogP contribution in [0.4, 0.5) is 4.79 Å². The van der Waals surface area contributed by atoms with E-state index < -0.39 is 24.5 Å². The quantitative estimate of drug-likeness (QED) is 0.745. The van der Waals surface area contributed by atoms with Gasteiger partial charge in [-0.3, -0.25) is 10.1 Å². The molecule has 0 aliphatic heterocycles. The van der Waals surface area contributed by atoms with Gasteiger partial charge in [0.25, 0.3) is 5.91 Å². The van der Waals surface area contributed by atoms with Crippen molar-refractivity contribution in [3.8, 4) is 5.75 Å². The van der Waals surface area contributed by atoms with Crippen LogP contribution >= 0.6 is 15.9 Å². The third-order valence-corrected chi connectivity index (χ3v) is 2.60. The van der Waals surface area contributed by atoms with Gasteiger partial charge >= 0.3 is 12.0 Å². The third-order valence-electron chi connectivity index (χ3n) is 2.11. The molecule has 0 spiro atoms. The summed E-state index contributed by atoms with van der Waals surface area (Å²) in [4.78, 5) is 33.7. The number of carbonyl (C=O) groups excluding carboxylic acids is 3. The highest BCUT2D eigenvalue weighted by molar-refractivity contribution is 9.10. The zero-order chi connectivity index (χ0) is 15.7. The maximum absolute atomic E-state index is 11.4. The number of esters is 1. The molecule has 0 atom stereocenters. The van der Waals surface area contributed by atoms with Gasteiger partial charge in [-0.1, -0.05) is 22.0 Å². The van der Waals surface area contributed by atoms with Crippen LogP contribution in [0.3, 0.4) is 0 Å². The largest absolute Gasteiger partial charge is 0.482 e. The van der Waals surface area contributed by atoms with E-state index in [4.69, 9.17) is 4.74 Å². The Bertz CT molecular complexity index is 521. The van der Waals surface area contributed by atoms with E-state index in [2.05, 4.69) is 26.0 Å². The van der Waals surface area contributed by atoms with Gasteiger partial charge in [0.05, 0.1) is 0 Å². The van der Waals surface area contributed by atoms with Gasteiger partial charge < -0.3 is 14.8 Å². The highest BCUT2D eigenvalue weighted by Crippen LogP contribution is 2.17. The van der Waals surface area contributed by atoms with E-state index in [1.807, 2.05) is 11.4 Å². The first kappa shape index (κ1) is 17.0. The number of rotatable bonds is 6. The summed E-state index contributed by atoms with van der Waals surface area (Å²) in [6, 6.07) is 6.31. The zero-order valence-electron chi connectivity index (χ0n) is 11.3. The molecule has 3 amide bonds. The standard InChI is InChI=1S/C13H15BrN2O5/c1-2-15-13(19)16-11(17)7-21-12(18)8-20-10-5-3-4-9(14)6-10/h3-6H,2,7-8H2,1H3,(H2,15,16,17,19). The van der Waals surface area contributed by atoms with E-state index in [-0.39, 0.29) is 6.61 Å². The molecule has 0 aliphatic rings. The highest BCUT2D eigenvalue weighted by Gasteiger charge is 2.10. The molecule has 21 heavy (non-hydrogen) atoms. The van der Waals surface area contributed by atoms with Crippen LogP contribution in [0.15, 0.2) is 28.7 Å². The van der Waals surface area contributed by atoms with Crippen LogP contribution in [0.5, 0.6) is 5.75 Å². The van der Waals surface area contributed by atoms with Crippen LogP contribution in [0, 0.1) is 0 Å². The van der Waals surface area contributed by atoms with Gasteiger partial charge in [-0.2, -0.15) is 0 Å². The maximum atomic E-state index is 11.4. The highest BCUT2D eigenvalue weighted by atomic mass is 79.9. The third kappa shape index (κ3) is 7.31. The molecule has 0 fully saturated rings. The fourth-order valence-electron chi connectivity index (χ4n) is 1.25. The van der Waals surface area contributed by atoms with Crippen LogP contribution in [0.1, 0.15) is 6.92 Å². The second-order valence-electron chi connectivity index (χ2n) is 3.81. The first-order valence-corrected chi connectivity index (χ1v) is 6.92. The maximum Gasteiger partial charge on any atom is 0.344 e. The van der Waals surface area contributed by atoms with Crippen LogP contribution in [0.25, 0.3) is 0 Å². The number of hydrogen-bond acceptors (Lipinski definition) is 5. The molecule has 7 nitrogen and oxygen atoms in total. The lowest BCUT2D eigenvalue weighted by molar-refractivity contribution is -0.150. The summed E-state index contributed by atoms with van der Waals surface area (Å²) in [6.07, 6.45) is 0. The average molecular weight is 359 g/mol. The molecule has 2 N–H and O–H groups in total. The van der Waals surface area contributed by atoms with Crippen LogP contribution in [-0.4, -0.2) is 37.7 Å². The van der Waals surface area contributed by atoms with Gasteiger partial charge in [0, 0.05) is 11.0 Å². The van der Waals surface area contributed by atoms with Gasteiger partial charge in [-0.15, -0.1) is 0 Å². The fourth-order valence-corrected chi connectivity index (χ4v) is 1.63. The molecule has 114 valence electrons. The van der Waals surface area contributed by atoms with E-state index in [1.165, 1.54) is 0 Å². The second kappa shape index (κ2) is 8.96. The summed E-state index contributed by atoms with van der Waals surface area (Å²) < 4.78 is 10.7. The van der Waals surface area contributed by atoms with Gasteiger partial charge in [0.1, 0.15) is 5.75 Å². The number of halogens is 1. The summed E-state index contributed by atoms with van der Waals surface area (Å²) in [5.41, 5.74) is 0. The molecule has 0 unspecified atom stereocenters. The molecule has 0 bridgehead atoms. The summed E-state index contributed by atoms with van der Waals surface area (Å²) in [5, 5.41) is 4.38. The fraction of sp³-hybridized carbons (Fsp3) is 0.308. The van der Waals surface area contributed by atoms with Gasteiger partial charge in [-0.25, -0.2) is 9.59 Å². The average Bonchev–Trinajstić information content (AvgIpc) is 2.43. The molecule has 8 heteroatoms. The van der Waals surface area contributed by atoms with Gasteiger partial charge in [0.15, 0.2) is 13.2 Å². The Labute approximate surface area is 130 Å². The molecule has 0 saturated heterocycles. The molecule has 0 heterocycles. The van der Waals surface area contributed by atoms with Crippen molar-refractivity contribution in [3.05, 3.63) is 28.7 Å². The van der Waals surface area contributed by atoms with Crippen molar-refractivity contribution in [2.75, 3.05) is 19.8 Å². The van der Waals surface area contributed by atoms with E-state index in [0.717, 1.165) is 4.47 Å². The molecule has 0 radical (unpaired) electrons. The zero-order valence-corrected chi connectivity index (χ0v) is 12.9. The first-order valence-electron chi connectivity index (χ1n) is 6.13. The lowest BCUT2D eigenvalue weighted by Gasteiger charge is -2.07. The van der Waals surface area contributed by atoms with Crippen LogP contribution in [-0.2, 0) is 14.3 Å². The van der Waals surface area contributed by atoms with E-state index in [0.29, 0.717) is 12.3 Å². The van der Waals surface area contributed by atoms with Crippen molar-refractivity contribution in [1.82, 2.24) is 10.6 Å². The molecule has 1 aromatic carbocycles. The van der Waals surface area contributed by atoms with Crippen molar-refractivity contribution in [3.63, 3.8) is 0 Å². The Kier molecular flexibility index (Phi) is 7.24. The summed E-state index contributed by atoms with van der Waals surface area (Å²) in [7, 11) is 0. The molecule has 1 rings (SSSR count). The minimum atomic E-state index is -0.711. The smallest absolute Gasteiger partial charge is 0.344 e. The predicted octanol–water partition coefficient (Wildman–Crippen LogP) is 1.22. The minimum Gasteiger partial charge on any atom is -0.482 e. The predicted molar refractivity (Wildman–Crippen MR) is 77.8 cm³/mol. The normalized spacial score (nSPS) is 9.62. The summed E-state index contributed by atoms with van der Waals surface area (Å²) >= 11 is 3.27. The number of imide groups is 1.